The van der Waals surface area contributed by atoms with E-state index in [1.54, 1.807) is 7.11 Å². The molecule has 0 aliphatic heterocycles. The molecule has 0 saturated carbocycles. The normalized spacial score (nSPS) is 14.4. The molecule has 0 amide bonds. The molecule has 3 heteroatoms. The first-order chi connectivity index (χ1) is 6.52. The van der Waals surface area contributed by atoms with Crippen LogP contribution in [0.2, 0.25) is 0 Å². The fourth-order valence-corrected chi connectivity index (χ4v) is 1.29. The smallest absolute Gasteiger partial charge is 0.107 e. The van der Waals surface area contributed by atoms with Gasteiger partial charge < -0.3 is 9.64 Å². The van der Waals surface area contributed by atoms with Crippen LogP contribution in [0.1, 0.15) is 27.7 Å². The van der Waals surface area contributed by atoms with Gasteiger partial charge in [-0.1, -0.05) is 6.92 Å². The van der Waals surface area contributed by atoms with E-state index in [9.17, 15) is 0 Å². The summed E-state index contributed by atoms with van der Waals surface area (Å²) in [6.07, 6.45) is 0.223. The first-order valence-electron chi connectivity index (χ1n) is 5.50. The van der Waals surface area contributed by atoms with Gasteiger partial charge in [0.15, 0.2) is 0 Å². The molecule has 0 spiro atoms. The Morgan fingerprint density at radius 2 is 1.71 bits per heavy atom. The van der Waals surface area contributed by atoms with Crippen LogP contribution in [0.25, 0.3) is 0 Å². The second-order valence-corrected chi connectivity index (χ2v) is 4.04. The third-order valence-electron chi connectivity index (χ3n) is 2.88. The third kappa shape index (κ3) is 4.94. The molecular weight excluding hydrogens is 176 g/mol. The third-order valence-corrected chi connectivity index (χ3v) is 2.88. The van der Waals surface area contributed by atoms with E-state index in [1.807, 2.05) is 0 Å². The lowest BCUT2D eigenvalue weighted by Gasteiger charge is -2.29. The van der Waals surface area contributed by atoms with E-state index in [0.717, 1.165) is 19.6 Å². The zero-order chi connectivity index (χ0) is 11.1. The van der Waals surface area contributed by atoms with Gasteiger partial charge in [0.2, 0.25) is 0 Å². The number of methoxy groups -OCH3 is 1. The van der Waals surface area contributed by atoms with Crippen molar-refractivity contribution in [3.05, 3.63) is 0 Å². The molecule has 0 bridgehead atoms. The largest absolute Gasteiger partial charge is 0.367 e. The maximum Gasteiger partial charge on any atom is 0.107 e. The van der Waals surface area contributed by atoms with Gasteiger partial charge in [0.05, 0.1) is 0 Å². The predicted octanol–water partition coefficient (Wildman–Crippen LogP) is 1.64. The first-order valence-corrected chi connectivity index (χ1v) is 5.50. The highest BCUT2D eigenvalue weighted by Gasteiger charge is 2.12. The second-order valence-electron chi connectivity index (χ2n) is 4.04. The molecule has 0 saturated heterocycles. The number of ether oxygens (including phenoxy) is 1. The van der Waals surface area contributed by atoms with Gasteiger partial charge in [0.25, 0.3) is 0 Å². The minimum absolute atomic E-state index is 0.223. The number of rotatable bonds is 7. The summed E-state index contributed by atoms with van der Waals surface area (Å²) in [5.41, 5.74) is 0. The van der Waals surface area contributed by atoms with E-state index in [-0.39, 0.29) is 6.23 Å². The molecule has 0 rings (SSSR count). The van der Waals surface area contributed by atoms with Crippen molar-refractivity contribution in [3.63, 3.8) is 0 Å². The average molecular weight is 202 g/mol. The number of nitrogens with zero attached hydrogens (tertiary/aromatic N) is 2. The number of hydrogen-bond donors (Lipinski definition) is 0. The van der Waals surface area contributed by atoms with Gasteiger partial charge in [0, 0.05) is 26.2 Å². The molecule has 0 N–H and O–H groups in total. The van der Waals surface area contributed by atoms with E-state index in [4.69, 9.17) is 4.74 Å². The monoisotopic (exact) mass is 202 g/mol. The van der Waals surface area contributed by atoms with Crippen molar-refractivity contribution in [3.8, 4) is 0 Å². The minimum atomic E-state index is 0.223. The van der Waals surface area contributed by atoms with Gasteiger partial charge in [-0.3, -0.25) is 4.90 Å². The Morgan fingerprint density at radius 1 is 1.14 bits per heavy atom. The average Bonchev–Trinajstić information content (AvgIpc) is 2.17. The van der Waals surface area contributed by atoms with Crippen molar-refractivity contribution in [2.24, 2.45) is 0 Å². The molecule has 14 heavy (non-hydrogen) atoms. The van der Waals surface area contributed by atoms with Gasteiger partial charge >= 0.3 is 0 Å². The quantitative estimate of drug-likeness (QED) is 0.584. The summed E-state index contributed by atoms with van der Waals surface area (Å²) >= 11 is 0. The highest BCUT2D eigenvalue weighted by atomic mass is 16.5. The summed E-state index contributed by atoms with van der Waals surface area (Å²) in [4.78, 5) is 4.68. The Kier molecular flexibility index (Phi) is 7.15. The van der Waals surface area contributed by atoms with Crippen LogP contribution in [0.5, 0.6) is 0 Å². The van der Waals surface area contributed by atoms with Crippen LogP contribution in [0.3, 0.4) is 0 Å². The van der Waals surface area contributed by atoms with Crippen molar-refractivity contribution < 1.29 is 4.74 Å². The molecule has 1 unspecified atom stereocenters. The molecule has 3 nitrogen and oxygen atoms in total. The van der Waals surface area contributed by atoms with Crippen LogP contribution in [-0.2, 0) is 4.74 Å². The van der Waals surface area contributed by atoms with Gasteiger partial charge in [0.1, 0.15) is 6.23 Å². The van der Waals surface area contributed by atoms with Gasteiger partial charge in [-0.2, -0.15) is 0 Å². The summed E-state index contributed by atoms with van der Waals surface area (Å²) in [7, 11) is 3.93. The lowest BCUT2D eigenvalue weighted by molar-refractivity contribution is -0.0199. The maximum atomic E-state index is 5.30. The number of likely N-dealkylation sites (N-methyl/N-ethyl adjacent to an activating group) is 2. The fraction of sp³-hybridized carbons (Fsp3) is 1.00. The molecule has 86 valence electrons. The standard InChI is InChI=1S/C11H26N2O/c1-7-13(11(4)14-6)9-8-12(5)10(2)3/h10-11H,7-9H2,1-6H3. The topological polar surface area (TPSA) is 15.7 Å². The summed E-state index contributed by atoms with van der Waals surface area (Å²) < 4.78 is 5.30. The van der Waals surface area contributed by atoms with Crippen molar-refractivity contribution in [2.45, 2.75) is 40.0 Å². The molecular formula is C11H26N2O. The van der Waals surface area contributed by atoms with E-state index in [1.165, 1.54) is 0 Å². The fourth-order valence-electron chi connectivity index (χ4n) is 1.29. The summed E-state index contributed by atoms with van der Waals surface area (Å²) in [6.45, 7) is 11.9. The van der Waals surface area contributed by atoms with E-state index in [0.29, 0.717) is 6.04 Å². The van der Waals surface area contributed by atoms with E-state index < -0.39 is 0 Å². The summed E-state index contributed by atoms with van der Waals surface area (Å²) in [6, 6.07) is 0.617. The summed E-state index contributed by atoms with van der Waals surface area (Å²) in [5, 5.41) is 0. The number of hydrogen-bond acceptors (Lipinski definition) is 3. The van der Waals surface area contributed by atoms with Crippen molar-refractivity contribution >= 4 is 0 Å². The lowest BCUT2D eigenvalue weighted by Crippen LogP contribution is -2.41. The molecule has 0 aromatic rings. The molecule has 0 heterocycles. The Labute approximate surface area is 89.0 Å². The zero-order valence-electron chi connectivity index (χ0n) is 10.6. The van der Waals surface area contributed by atoms with Crippen molar-refractivity contribution in [1.29, 1.82) is 0 Å². The predicted molar refractivity (Wildman–Crippen MR) is 61.5 cm³/mol. The molecule has 0 radical (unpaired) electrons. The van der Waals surface area contributed by atoms with E-state index >= 15 is 0 Å². The second kappa shape index (κ2) is 7.21. The van der Waals surface area contributed by atoms with E-state index in [2.05, 4.69) is 44.5 Å². The Balaban J connectivity index is 3.83. The Morgan fingerprint density at radius 3 is 2.07 bits per heavy atom. The van der Waals surface area contributed by atoms with Crippen LogP contribution in [-0.4, -0.2) is 55.9 Å². The maximum absolute atomic E-state index is 5.30. The van der Waals surface area contributed by atoms with Gasteiger partial charge in [-0.15, -0.1) is 0 Å². The van der Waals surface area contributed by atoms with Crippen LogP contribution < -0.4 is 0 Å². The zero-order valence-corrected chi connectivity index (χ0v) is 10.6. The Hall–Kier alpha value is -0.120. The molecule has 0 aliphatic carbocycles. The molecule has 1 atom stereocenters. The molecule has 0 aromatic heterocycles. The molecule has 0 aliphatic rings. The molecule has 0 aromatic carbocycles. The Bertz CT molecular complexity index is 139. The van der Waals surface area contributed by atoms with Crippen LogP contribution in [0, 0.1) is 0 Å². The van der Waals surface area contributed by atoms with Crippen molar-refractivity contribution in [1.82, 2.24) is 9.80 Å². The SMILES string of the molecule is CCN(CCN(C)C(C)C)C(C)OC. The molecule has 0 fully saturated rings. The van der Waals surface area contributed by atoms with Gasteiger partial charge in [-0.05, 0) is 34.4 Å². The highest BCUT2D eigenvalue weighted by molar-refractivity contribution is 4.63. The van der Waals surface area contributed by atoms with Gasteiger partial charge in [-0.25, -0.2) is 0 Å². The highest BCUT2D eigenvalue weighted by Crippen LogP contribution is 2.00. The first kappa shape index (κ1) is 13.9. The van der Waals surface area contributed by atoms with Crippen LogP contribution in [0.15, 0.2) is 0 Å². The lowest BCUT2D eigenvalue weighted by atomic mass is 10.3. The minimum Gasteiger partial charge on any atom is -0.367 e. The van der Waals surface area contributed by atoms with Crippen LogP contribution >= 0.6 is 0 Å². The van der Waals surface area contributed by atoms with Crippen molar-refractivity contribution in [2.75, 3.05) is 33.8 Å². The van der Waals surface area contributed by atoms with Crippen LogP contribution in [0.4, 0.5) is 0 Å². The summed E-state index contributed by atoms with van der Waals surface area (Å²) in [5.74, 6) is 0.